The molecule has 1 amide bonds. The topological polar surface area (TPSA) is 41.5 Å². The molecular formula is C20H30Cl3N3O. The Hall–Kier alpha value is -1.07. The first kappa shape index (κ1) is 25.9. The molecule has 1 aromatic carbocycles. The molecule has 0 unspecified atom stereocenters. The fourth-order valence-electron chi connectivity index (χ4n) is 2.32. The highest BCUT2D eigenvalue weighted by atomic mass is 35.5. The summed E-state index contributed by atoms with van der Waals surface area (Å²) in [5, 5.41) is 5.37. The molecule has 0 saturated heterocycles. The fourth-order valence-corrected chi connectivity index (χ4v) is 2.62. The zero-order valence-corrected chi connectivity index (χ0v) is 18.8. The van der Waals surface area contributed by atoms with Gasteiger partial charge in [0.25, 0.3) is 5.91 Å². The third kappa shape index (κ3) is 12.1. The first-order valence-corrected chi connectivity index (χ1v) is 9.76. The Morgan fingerprint density at radius 1 is 1.15 bits per heavy atom. The number of amides is 1. The van der Waals surface area contributed by atoms with Gasteiger partial charge in [0.1, 0.15) is 0 Å². The van der Waals surface area contributed by atoms with E-state index in [0.29, 0.717) is 21.1 Å². The van der Waals surface area contributed by atoms with E-state index in [4.69, 9.17) is 23.2 Å². The summed E-state index contributed by atoms with van der Waals surface area (Å²) in [6.07, 6.45) is 9.28. The number of hydrazone groups is 1. The molecule has 152 valence electrons. The summed E-state index contributed by atoms with van der Waals surface area (Å²) in [7, 11) is 5.91. The van der Waals surface area contributed by atoms with E-state index in [1.165, 1.54) is 12.8 Å². The highest BCUT2D eigenvalue weighted by Gasteiger charge is 2.13. The van der Waals surface area contributed by atoms with Gasteiger partial charge in [-0.1, -0.05) is 61.5 Å². The van der Waals surface area contributed by atoms with Crippen LogP contribution in [0.1, 0.15) is 44.6 Å². The van der Waals surface area contributed by atoms with E-state index in [1.807, 2.05) is 45.4 Å². The van der Waals surface area contributed by atoms with E-state index >= 15 is 0 Å². The number of nitrogens with zero attached hydrogens (tertiary/aromatic N) is 2. The van der Waals surface area contributed by atoms with Crippen molar-refractivity contribution in [2.45, 2.75) is 39.0 Å². The lowest BCUT2D eigenvalue weighted by Gasteiger charge is -2.22. The molecule has 1 N–H and O–H groups in total. The summed E-state index contributed by atoms with van der Waals surface area (Å²) in [5.41, 5.74) is 4.46. The van der Waals surface area contributed by atoms with Crippen molar-refractivity contribution < 1.29 is 21.7 Å². The van der Waals surface area contributed by atoms with E-state index in [9.17, 15) is 4.79 Å². The van der Waals surface area contributed by atoms with Gasteiger partial charge in [-0.05, 0) is 36.6 Å². The molecule has 0 spiro atoms. The Bertz CT molecular complexity index is 652. The standard InChI is InChI=1S/C20H29Cl2N3O.ClH/c1-5-6-7-8-9-17(23-24-20(26)15-25(2,3)4)12-10-16-11-13-18(21)19(22)14-16;/h10-14H,5-9,15H2,1-4H3;1H/b12-10+,23-17?;. The van der Waals surface area contributed by atoms with Gasteiger partial charge in [0, 0.05) is 0 Å². The number of benzene rings is 1. The van der Waals surface area contributed by atoms with Crippen molar-refractivity contribution in [1.82, 2.24) is 5.43 Å². The third-order valence-corrected chi connectivity index (χ3v) is 4.38. The van der Waals surface area contributed by atoms with Crippen LogP contribution in [0, 0.1) is 0 Å². The Morgan fingerprint density at radius 3 is 2.44 bits per heavy atom. The molecule has 7 heteroatoms. The van der Waals surface area contributed by atoms with Crippen LogP contribution in [0.2, 0.25) is 10.0 Å². The maximum Gasteiger partial charge on any atom is 0.295 e. The zero-order valence-electron chi connectivity index (χ0n) is 16.6. The SMILES string of the molecule is CCCCCCC(/C=C/c1ccc(Cl)c(Cl)c1)=NNC(=O)C[N+](C)(C)C.[Cl-]. The number of hydrogen-bond donors (Lipinski definition) is 1. The molecule has 0 aliphatic heterocycles. The molecule has 0 radical (unpaired) electrons. The van der Waals surface area contributed by atoms with Crippen molar-refractivity contribution >= 4 is 40.9 Å². The van der Waals surface area contributed by atoms with Crippen molar-refractivity contribution in [3.05, 3.63) is 39.9 Å². The lowest BCUT2D eigenvalue weighted by atomic mass is 10.1. The minimum absolute atomic E-state index is 0. The van der Waals surface area contributed by atoms with Gasteiger partial charge in [0.05, 0.1) is 36.9 Å². The monoisotopic (exact) mass is 433 g/mol. The van der Waals surface area contributed by atoms with Crippen molar-refractivity contribution in [3.63, 3.8) is 0 Å². The van der Waals surface area contributed by atoms with Crippen LogP contribution < -0.4 is 17.8 Å². The normalized spacial score (nSPS) is 12.1. The van der Waals surface area contributed by atoms with Gasteiger partial charge >= 0.3 is 0 Å². The molecule has 0 heterocycles. The molecule has 0 aromatic heterocycles. The number of unbranched alkanes of at least 4 members (excludes halogenated alkanes) is 3. The van der Waals surface area contributed by atoms with E-state index in [1.54, 1.807) is 6.07 Å². The summed E-state index contributed by atoms with van der Waals surface area (Å²) >= 11 is 12.0. The maximum absolute atomic E-state index is 12.0. The quantitative estimate of drug-likeness (QED) is 0.261. The second kappa shape index (κ2) is 13.2. The van der Waals surface area contributed by atoms with Crippen LogP contribution in [0.25, 0.3) is 6.08 Å². The van der Waals surface area contributed by atoms with Gasteiger partial charge in [0.15, 0.2) is 6.54 Å². The minimum atomic E-state index is -0.0912. The van der Waals surface area contributed by atoms with Gasteiger partial charge in [-0.3, -0.25) is 4.79 Å². The average Bonchev–Trinajstić information content (AvgIpc) is 2.54. The van der Waals surface area contributed by atoms with Crippen LogP contribution in [0.3, 0.4) is 0 Å². The van der Waals surface area contributed by atoms with Crippen LogP contribution in [-0.2, 0) is 4.79 Å². The van der Waals surface area contributed by atoms with Crippen molar-refractivity contribution in [2.24, 2.45) is 5.10 Å². The van der Waals surface area contributed by atoms with Crippen molar-refractivity contribution in [2.75, 3.05) is 27.7 Å². The van der Waals surface area contributed by atoms with E-state index in [2.05, 4.69) is 17.5 Å². The Kier molecular flexibility index (Phi) is 12.6. The Balaban J connectivity index is 0.00000676. The third-order valence-electron chi connectivity index (χ3n) is 3.64. The number of halogens is 3. The molecule has 0 atom stereocenters. The number of quaternary nitrogens is 1. The van der Waals surface area contributed by atoms with Crippen LogP contribution in [0.4, 0.5) is 0 Å². The van der Waals surface area contributed by atoms with Crippen LogP contribution in [-0.4, -0.2) is 43.8 Å². The number of carbonyl (C=O) groups excluding carboxylic acids is 1. The highest BCUT2D eigenvalue weighted by molar-refractivity contribution is 6.42. The first-order valence-electron chi connectivity index (χ1n) is 9.00. The minimum Gasteiger partial charge on any atom is -1.00 e. The van der Waals surface area contributed by atoms with Gasteiger partial charge in [-0.25, -0.2) is 5.43 Å². The summed E-state index contributed by atoms with van der Waals surface area (Å²) in [5.74, 6) is -0.0912. The number of allylic oxidation sites excluding steroid dienone is 1. The maximum atomic E-state index is 12.0. The smallest absolute Gasteiger partial charge is 0.295 e. The predicted molar refractivity (Wildman–Crippen MR) is 113 cm³/mol. The molecule has 0 bridgehead atoms. The van der Waals surface area contributed by atoms with Crippen molar-refractivity contribution in [1.29, 1.82) is 0 Å². The van der Waals surface area contributed by atoms with Crippen LogP contribution >= 0.6 is 23.2 Å². The molecule has 27 heavy (non-hydrogen) atoms. The largest absolute Gasteiger partial charge is 1.00 e. The molecular weight excluding hydrogens is 405 g/mol. The predicted octanol–water partition coefficient (Wildman–Crippen LogP) is 2.16. The lowest BCUT2D eigenvalue weighted by Crippen LogP contribution is -3.00. The molecule has 1 rings (SSSR count). The van der Waals surface area contributed by atoms with Gasteiger partial charge in [-0.2, -0.15) is 5.10 Å². The van der Waals surface area contributed by atoms with Gasteiger partial charge in [-0.15, -0.1) is 0 Å². The second-order valence-electron chi connectivity index (χ2n) is 7.40. The second-order valence-corrected chi connectivity index (χ2v) is 8.22. The van der Waals surface area contributed by atoms with Crippen LogP contribution in [0.5, 0.6) is 0 Å². The van der Waals surface area contributed by atoms with Gasteiger partial charge in [0.2, 0.25) is 0 Å². The Labute approximate surface area is 179 Å². The molecule has 0 saturated carbocycles. The molecule has 0 aliphatic rings. The number of carbonyl (C=O) groups is 1. The molecule has 1 aromatic rings. The van der Waals surface area contributed by atoms with Crippen LogP contribution in [0.15, 0.2) is 29.4 Å². The average molecular weight is 435 g/mol. The van der Waals surface area contributed by atoms with E-state index in [0.717, 1.165) is 30.5 Å². The molecule has 0 fully saturated rings. The highest BCUT2D eigenvalue weighted by Crippen LogP contribution is 2.23. The summed E-state index contributed by atoms with van der Waals surface area (Å²) in [4.78, 5) is 12.0. The summed E-state index contributed by atoms with van der Waals surface area (Å²) < 4.78 is 0.562. The number of hydrogen-bond acceptors (Lipinski definition) is 2. The first-order chi connectivity index (χ1) is 12.2. The van der Waals surface area contributed by atoms with Gasteiger partial charge < -0.3 is 16.9 Å². The number of nitrogens with one attached hydrogen (secondary N) is 1. The van der Waals surface area contributed by atoms with E-state index in [-0.39, 0.29) is 18.3 Å². The molecule has 4 nitrogen and oxygen atoms in total. The number of rotatable bonds is 10. The zero-order chi connectivity index (χ0) is 19.6. The van der Waals surface area contributed by atoms with Crippen molar-refractivity contribution in [3.8, 4) is 0 Å². The van der Waals surface area contributed by atoms with E-state index < -0.39 is 0 Å². The number of likely N-dealkylation sites (N-methyl/N-ethyl adjacent to an activating group) is 1. The summed E-state index contributed by atoms with van der Waals surface area (Å²) in [6, 6.07) is 5.48. The fraction of sp³-hybridized carbons (Fsp3) is 0.500. The Morgan fingerprint density at radius 2 is 1.85 bits per heavy atom. The lowest BCUT2D eigenvalue weighted by molar-refractivity contribution is -0.862. The summed E-state index contributed by atoms with van der Waals surface area (Å²) in [6.45, 7) is 2.56. The molecule has 0 aliphatic carbocycles.